The number of aryl methyl sites for hydroxylation is 2. The molecule has 2 N–H and O–H groups in total. The zero-order valence-corrected chi connectivity index (χ0v) is 16.3. The van der Waals surface area contributed by atoms with Crippen molar-refractivity contribution in [1.29, 1.82) is 0 Å². The van der Waals surface area contributed by atoms with Gasteiger partial charge < -0.3 is 4.98 Å². The molecule has 4 rings (SSSR count). The first-order chi connectivity index (χ1) is 14.1. The fourth-order valence-electron chi connectivity index (χ4n) is 3.18. The fourth-order valence-corrected chi connectivity index (χ4v) is 3.18. The van der Waals surface area contributed by atoms with Crippen LogP contribution in [0.15, 0.2) is 78.2 Å². The summed E-state index contributed by atoms with van der Waals surface area (Å²) in [6, 6.07) is 19.6. The summed E-state index contributed by atoms with van der Waals surface area (Å²) in [5, 5.41) is 8.94. The Morgan fingerprint density at radius 1 is 1.10 bits per heavy atom. The number of H-pyrrole nitrogens is 1. The summed E-state index contributed by atoms with van der Waals surface area (Å²) in [5.41, 5.74) is 8.94. The monoisotopic (exact) mass is 383 g/mol. The van der Waals surface area contributed by atoms with Gasteiger partial charge >= 0.3 is 0 Å². The normalized spacial score (nSPS) is 11.1. The van der Waals surface area contributed by atoms with Crippen molar-refractivity contribution < 1.29 is 4.79 Å². The molecule has 144 valence electrons. The number of hydrazone groups is 1. The van der Waals surface area contributed by atoms with E-state index in [2.05, 4.69) is 47.6 Å². The average molecular weight is 383 g/mol. The molecule has 6 nitrogen and oxygen atoms in total. The van der Waals surface area contributed by atoms with E-state index < -0.39 is 0 Å². The maximum absolute atomic E-state index is 12.1. The summed E-state index contributed by atoms with van der Waals surface area (Å²) in [6.45, 7) is 4.13. The molecule has 2 heterocycles. The van der Waals surface area contributed by atoms with Gasteiger partial charge in [-0.15, -0.1) is 0 Å². The molecule has 0 saturated carbocycles. The lowest BCUT2D eigenvalue weighted by Crippen LogP contribution is -2.17. The van der Waals surface area contributed by atoms with Crippen LogP contribution in [0.2, 0.25) is 0 Å². The smallest absolute Gasteiger partial charge is 0.287 e. The molecule has 0 atom stereocenters. The molecule has 0 aliphatic carbocycles. The molecule has 0 fully saturated rings. The van der Waals surface area contributed by atoms with Crippen LogP contribution in [-0.2, 0) is 0 Å². The van der Waals surface area contributed by atoms with E-state index in [1.165, 1.54) is 5.56 Å². The van der Waals surface area contributed by atoms with Crippen molar-refractivity contribution in [1.82, 2.24) is 20.2 Å². The zero-order valence-electron chi connectivity index (χ0n) is 16.3. The molecule has 0 unspecified atom stereocenters. The van der Waals surface area contributed by atoms with Gasteiger partial charge in [-0.2, -0.15) is 10.2 Å². The standard InChI is InChI=1S/C23H21N5O/c1-16-10-11-20(17(2)13-16)22-18(14-25-26-23(29)21-9-6-12-24-21)15-28(27-22)19-7-4-3-5-8-19/h3-15,24H,1-2H3,(H,26,29)/b25-14-. The molecule has 1 amide bonds. The number of aromatic amines is 1. The van der Waals surface area contributed by atoms with Crippen LogP contribution in [0.4, 0.5) is 0 Å². The van der Waals surface area contributed by atoms with Crippen molar-refractivity contribution in [3.63, 3.8) is 0 Å². The molecule has 0 radical (unpaired) electrons. The Morgan fingerprint density at radius 3 is 2.66 bits per heavy atom. The molecule has 0 saturated heterocycles. The summed E-state index contributed by atoms with van der Waals surface area (Å²) in [6.07, 6.45) is 5.23. The number of amides is 1. The highest BCUT2D eigenvalue weighted by Gasteiger charge is 2.13. The zero-order chi connectivity index (χ0) is 20.2. The number of para-hydroxylation sites is 1. The van der Waals surface area contributed by atoms with Gasteiger partial charge in [-0.1, -0.05) is 42.0 Å². The van der Waals surface area contributed by atoms with Crippen molar-refractivity contribution in [3.05, 3.63) is 95.4 Å². The fraction of sp³-hybridized carbons (Fsp3) is 0.0870. The second-order valence-corrected chi connectivity index (χ2v) is 6.81. The minimum absolute atomic E-state index is 0.297. The third-order valence-electron chi connectivity index (χ3n) is 4.61. The highest BCUT2D eigenvalue weighted by Crippen LogP contribution is 2.26. The Bertz CT molecular complexity index is 1160. The molecule has 2 aromatic carbocycles. The third-order valence-corrected chi connectivity index (χ3v) is 4.61. The minimum Gasteiger partial charge on any atom is -0.357 e. The van der Waals surface area contributed by atoms with Gasteiger partial charge in [-0.25, -0.2) is 10.1 Å². The van der Waals surface area contributed by atoms with E-state index in [-0.39, 0.29) is 5.91 Å². The van der Waals surface area contributed by atoms with Crippen LogP contribution < -0.4 is 5.43 Å². The van der Waals surface area contributed by atoms with E-state index >= 15 is 0 Å². The number of rotatable bonds is 5. The van der Waals surface area contributed by atoms with Gasteiger partial charge in [0.1, 0.15) is 11.4 Å². The van der Waals surface area contributed by atoms with Gasteiger partial charge in [-0.3, -0.25) is 4.79 Å². The van der Waals surface area contributed by atoms with Gasteiger partial charge in [-0.05, 0) is 43.7 Å². The van der Waals surface area contributed by atoms with Gasteiger partial charge in [0.05, 0.1) is 11.9 Å². The number of carbonyl (C=O) groups is 1. The molecule has 0 spiro atoms. The van der Waals surface area contributed by atoms with Crippen LogP contribution in [-0.4, -0.2) is 26.9 Å². The molecule has 0 aliphatic rings. The minimum atomic E-state index is -0.297. The first-order valence-electron chi connectivity index (χ1n) is 9.31. The number of benzene rings is 2. The van der Waals surface area contributed by atoms with Crippen molar-refractivity contribution in [2.24, 2.45) is 5.10 Å². The lowest BCUT2D eigenvalue weighted by molar-refractivity contribution is 0.0951. The summed E-state index contributed by atoms with van der Waals surface area (Å²) >= 11 is 0. The van der Waals surface area contributed by atoms with Crippen molar-refractivity contribution in [3.8, 4) is 16.9 Å². The lowest BCUT2D eigenvalue weighted by atomic mass is 10.0. The molecule has 6 heteroatoms. The summed E-state index contributed by atoms with van der Waals surface area (Å²) in [7, 11) is 0. The Labute approximate surface area is 168 Å². The number of hydrogen-bond donors (Lipinski definition) is 2. The summed E-state index contributed by atoms with van der Waals surface area (Å²) < 4.78 is 1.82. The van der Waals surface area contributed by atoms with Gasteiger partial charge in [0.2, 0.25) is 0 Å². The average Bonchev–Trinajstić information content (AvgIpc) is 3.39. The van der Waals surface area contributed by atoms with E-state index in [1.807, 2.05) is 41.2 Å². The Hall–Kier alpha value is -3.93. The molecule has 0 bridgehead atoms. The Balaban J connectivity index is 1.70. The molecule has 29 heavy (non-hydrogen) atoms. The highest BCUT2D eigenvalue weighted by molar-refractivity contribution is 5.94. The number of nitrogens with zero attached hydrogens (tertiary/aromatic N) is 3. The van der Waals surface area contributed by atoms with Crippen LogP contribution in [0.3, 0.4) is 0 Å². The lowest BCUT2D eigenvalue weighted by Gasteiger charge is -2.05. The predicted molar refractivity (Wildman–Crippen MR) is 114 cm³/mol. The first kappa shape index (κ1) is 18.4. The second-order valence-electron chi connectivity index (χ2n) is 6.81. The molecular weight excluding hydrogens is 362 g/mol. The topological polar surface area (TPSA) is 75.1 Å². The van der Waals surface area contributed by atoms with Crippen LogP contribution >= 0.6 is 0 Å². The van der Waals surface area contributed by atoms with Crippen molar-refractivity contribution in [2.75, 3.05) is 0 Å². The van der Waals surface area contributed by atoms with Crippen LogP contribution in [0, 0.1) is 13.8 Å². The van der Waals surface area contributed by atoms with Crippen LogP contribution in [0.25, 0.3) is 16.9 Å². The van der Waals surface area contributed by atoms with Crippen LogP contribution in [0.1, 0.15) is 27.2 Å². The molecular formula is C23H21N5O. The van der Waals surface area contributed by atoms with Gasteiger partial charge in [0.25, 0.3) is 5.91 Å². The SMILES string of the molecule is Cc1ccc(-c2nn(-c3ccccc3)cc2/C=N\NC(=O)c2ccc[nH]2)c(C)c1. The maximum Gasteiger partial charge on any atom is 0.287 e. The number of hydrogen-bond acceptors (Lipinski definition) is 3. The van der Waals surface area contributed by atoms with Crippen molar-refractivity contribution in [2.45, 2.75) is 13.8 Å². The second kappa shape index (κ2) is 7.98. The first-order valence-corrected chi connectivity index (χ1v) is 9.31. The van der Waals surface area contributed by atoms with Crippen molar-refractivity contribution >= 4 is 12.1 Å². The molecule has 2 aromatic heterocycles. The largest absolute Gasteiger partial charge is 0.357 e. The quantitative estimate of drug-likeness (QED) is 0.399. The summed E-state index contributed by atoms with van der Waals surface area (Å²) in [5.74, 6) is -0.297. The Kier molecular flexibility index (Phi) is 5.07. The highest BCUT2D eigenvalue weighted by atomic mass is 16.2. The number of carbonyl (C=O) groups excluding carboxylic acids is 1. The van der Waals surface area contributed by atoms with E-state index in [9.17, 15) is 4.79 Å². The van der Waals surface area contributed by atoms with E-state index in [0.29, 0.717) is 5.69 Å². The molecule has 4 aromatic rings. The van der Waals surface area contributed by atoms with E-state index in [0.717, 1.165) is 28.1 Å². The molecule has 0 aliphatic heterocycles. The van der Waals surface area contributed by atoms with E-state index in [1.54, 1.807) is 24.5 Å². The van der Waals surface area contributed by atoms with Gasteiger partial charge in [0.15, 0.2) is 0 Å². The third kappa shape index (κ3) is 4.01. The van der Waals surface area contributed by atoms with Crippen LogP contribution in [0.5, 0.6) is 0 Å². The number of nitrogens with one attached hydrogen (secondary N) is 2. The Morgan fingerprint density at radius 2 is 1.93 bits per heavy atom. The van der Waals surface area contributed by atoms with E-state index in [4.69, 9.17) is 5.10 Å². The van der Waals surface area contributed by atoms with Gasteiger partial charge in [0, 0.05) is 23.5 Å². The predicted octanol–water partition coefficient (Wildman–Crippen LogP) is 4.25. The summed E-state index contributed by atoms with van der Waals surface area (Å²) in [4.78, 5) is 15.0. The number of aromatic nitrogens is 3. The maximum atomic E-state index is 12.1.